The Morgan fingerprint density at radius 1 is 0.529 bits per heavy atom. The highest BCUT2D eigenvalue weighted by atomic mass is 19.1. The van der Waals surface area contributed by atoms with Crippen molar-refractivity contribution in [1.82, 2.24) is 9.13 Å². The third-order valence-corrected chi connectivity index (χ3v) is 7.94. The summed E-state index contributed by atoms with van der Waals surface area (Å²) in [6.45, 7) is -0.0123. The van der Waals surface area contributed by atoms with Gasteiger partial charge in [-0.05, 0) is 52.8 Å². The lowest BCUT2D eigenvalue weighted by Gasteiger charge is -2.33. The van der Waals surface area contributed by atoms with Crippen LogP contribution in [0.2, 0.25) is 0 Å². The van der Waals surface area contributed by atoms with Crippen LogP contribution in [0, 0.1) is 5.82 Å². The average Bonchev–Trinajstić information content (AvgIpc) is 3.39. The van der Waals surface area contributed by atoms with E-state index in [-0.39, 0.29) is 12.5 Å². The van der Waals surface area contributed by atoms with Gasteiger partial charge in [-0.2, -0.15) is 0 Å². The molecule has 2 aliphatic heterocycles. The molecule has 0 bridgehead atoms. The van der Waals surface area contributed by atoms with E-state index >= 15 is 4.39 Å². The molecule has 0 fully saturated rings. The average molecular weight is 434 g/mol. The number of nitrogens with zero attached hydrogens (tertiary/aromatic N) is 2. The standard InChI is InChI=1S/C30H16BFN2/c32-17-15-21-19-8-2-5-11-25(19)34-27-14-13-20-18-7-1-4-10-24(18)33-26-12-6-3-9-22(26)31(28(27)30(20)33)23(16-17)29(21)34/h1-16H. The molecule has 5 aromatic carbocycles. The maximum atomic E-state index is 15.2. The fourth-order valence-corrected chi connectivity index (χ4v) is 6.78. The smallest absolute Gasteiger partial charge is 0.252 e. The lowest BCUT2D eigenvalue weighted by Crippen LogP contribution is -2.59. The molecule has 4 heteroatoms. The summed E-state index contributed by atoms with van der Waals surface area (Å²) in [5.74, 6) is -0.176. The number of rotatable bonds is 0. The summed E-state index contributed by atoms with van der Waals surface area (Å²) in [4.78, 5) is 0. The summed E-state index contributed by atoms with van der Waals surface area (Å²) in [5, 5.41) is 4.59. The van der Waals surface area contributed by atoms with Crippen molar-refractivity contribution >= 4 is 66.7 Å². The first-order valence-corrected chi connectivity index (χ1v) is 11.7. The van der Waals surface area contributed by atoms with E-state index in [9.17, 15) is 0 Å². The molecule has 2 aromatic heterocycles. The molecule has 0 aliphatic carbocycles. The first-order valence-electron chi connectivity index (χ1n) is 11.7. The van der Waals surface area contributed by atoms with Crippen LogP contribution in [0.4, 0.5) is 4.39 Å². The lowest BCUT2D eigenvalue weighted by atomic mass is 9.34. The van der Waals surface area contributed by atoms with Gasteiger partial charge in [-0.1, -0.05) is 60.7 Å². The molecule has 0 unspecified atom stereocenters. The van der Waals surface area contributed by atoms with E-state index in [1.807, 2.05) is 6.07 Å². The Hall–Kier alpha value is -4.31. The van der Waals surface area contributed by atoms with Gasteiger partial charge in [0.15, 0.2) is 0 Å². The van der Waals surface area contributed by atoms with Gasteiger partial charge in [0, 0.05) is 38.4 Å². The third-order valence-electron chi connectivity index (χ3n) is 7.94. The van der Waals surface area contributed by atoms with Crippen molar-refractivity contribution in [3.63, 3.8) is 0 Å². The van der Waals surface area contributed by atoms with Crippen LogP contribution in [-0.4, -0.2) is 15.8 Å². The molecule has 0 saturated carbocycles. The predicted octanol–water partition coefficient (Wildman–Crippen LogP) is 5.16. The van der Waals surface area contributed by atoms with Crippen LogP contribution in [0.5, 0.6) is 0 Å². The van der Waals surface area contributed by atoms with Gasteiger partial charge in [-0.15, -0.1) is 0 Å². The Kier molecular flexibility index (Phi) is 2.83. The summed E-state index contributed by atoms with van der Waals surface area (Å²) in [6, 6.07) is 33.7. The van der Waals surface area contributed by atoms with Crippen LogP contribution < -0.4 is 16.4 Å². The van der Waals surface area contributed by atoms with E-state index in [1.54, 1.807) is 12.1 Å². The molecular formula is C30H16BFN2. The van der Waals surface area contributed by atoms with E-state index in [1.165, 1.54) is 44.1 Å². The maximum absolute atomic E-state index is 15.2. The normalized spacial score (nSPS) is 13.4. The van der Waals surface area contributed by atoms with Crippen LogP contribution in [0.15, 0.2) is 97.1 Å². The largest absolute Gasteiger partial charge is 0.310 e. The van der Waals surface area contributed by atoms with Gasteiger partial charge in [-0.3, -0.25) is 0 Å². The van der Waals surface area contributed by atoms with Crippen LogP contribution in [-0.2, 0) is 0 Å². The van der Waals surface area contributed by atoms with Gasteiger partial charge in [0.2, 0.25) is 0 Å². The zero-order valence-electron chi connectivity index (χ0n) is 18.1. The minimum Gasteiger partial charge on any atom is -0.310 e. The molecule has 4 heterocycles. The molecule has 2 aliphatic rings. The molecule has 0 radical (unpaired) electrons. The van der Waals surface area contributed by atoms with Crippen molar-refractivity contribution in [3.8, 4) is 11.4 Å². The van der Waals surface area contributed by atoms with Crippen molar-refractivity contribution in [2.75, 3.05) is 0 Å². The number of para-hydroxylation sites is 3. The first kappa shape index (κ1) is 17.2. The summed E-state index contributed by atoms with van der Waals surface area (Å²) in [5.41, 5.74) is 10.6. The Bertz CT molecular complexity index is 2050. The molecule has 0 atom stereocenters. The third kappa shape index (κ3) is 1.77. The van der Waals surface area contributed by atoms with Gasteiger partial charge < -0.3 is 9.13 Å². The number of hydrogen-bond donors (Lipinski definition) is 0. The second-order valence-electron chi connectivity index (χ2n) is 9.48. The van der Waals surface area contributed by atoms with Crippen LogP contribution in [0.1, 0.15) is 0 Å². The number of benzene rings is 5. The molecule has 7 aromatic rings. The van der Waals surface area contributed by atoms with E-state index in [2.05, 4.69) is 88.0 Å². The number of aromatic nitrogens is 2. The van der Waals surface area contributed by atoms with Gasteiger partial charge in [0.05, 0.1) is 16.6 Å². The van der Waals surface area contributed by atoms with Crippen molar-refractivity contribution in [1.29, 1.82) is 0 Å². The molecule has 2 nitrogen and oxygen atoms in total. The first-order chi connectivity index (χ1) is 16.8. The monoisotopic (exact) mass is 434 g/mol. The van der Waals surface area contributed by atoms with Crippen molar-refractivity contribution < 1.29 is 4.39 Å². The van der Waals surface area contributed by atoms with Crippen LogP contribution in [0.25, 0.3) is 55.0 Å². The molecule has 0 spiro atoms. The van der Waals surface area contributed by atoms with Crippen LogP contribution >= 0.6 is 0 Å². The highest BCUT2D eigenvalue weighted by Gasteiger charge is 2.40. The Morgan fingerprint density at radius 2 is 1.21 bits per heavy atom. The minimum atomic E-state index is -0.176. The highest BCUT2D eigenvalue weighted by Crippen LogP contribution is 2.39. The van der Waals surface area contributed by atoms with Gasteiger partial charge >= 0.3 is 0 Å². The molecule has 0 amide bonds. The van der Waals surface area contributed by atoms with Crippen molar-refractivity contribution in [2.45, 2.75) is 0 Å². The van der Waals surface area contributed by atoms with E-state index in [0.717, 1.165) is 27.3 Å². The van der Waals surface area contributed by atoms with Gasteiger partial charge in [0.25, 0.3) is 6.71 Å². The zero-order chi connectivity index (χ0) is 22.1. The lowest BCUT2D eigenvalue weighted by molar-refractivity contribution is 0.630. The van der Waals surface area contributed by atoms with Gasteiger partial charge in [0.1, 0.15) is 5.82 Å². The molecule has 34 heavy (non-hydrogen) atoms. The Morgan fingerprint density at radius 3 is 2.03 bits per heavy atom. The fourth-order valence-electron chi connectivity index (χ4n) is 6.78. The fraction of sp³-hybridized carbons (Fsp3) is 0. The van der Waals surface area contributed by atoms with Crippen molar-refractivity contribution in [2.24, 2.45) is 0 Å². The quantitative estimate of drug-likeness (QED) is 0.292. The van der Waals surface area contributed by atoms with E-state index in [4.69, 9.17) is 0 Å². The maximum Gasteiger partial charge on any atom is 0.252 e. The summed E-state index contributed by atoms with van der Waals surface area (Å²) in [6.07, 6.45) is 0. The van der Waals surface area contributed by atoms with Gasteiger partial charge in [-0.25, -0.2) is 4.39 Å². The zero-order valence-corrected chi connectivity index (χ0v) is 18.1. The summed E-state index contributed by atoms with van der Waals surface area (Å²) in [7, 11) is 0. The second kappa shape index (κ2) is 5.60. The molecule has 0 saturated heterocycles. The second-order valence-corrected chi connectivity index (χ2v) is 9.48. The number of hydrogen-bond acceptors (Lipinski definition) is 0. The van der Waals surface area contributed by atoms with Crippen molar-refractivity contribution in [3.05, 3.63) is 103 Å². The predicted molar refractivity (Wildman–Crippen MR) is 140 cm³/mol. The molecule has 9 rings (SSSR count). The summed E-state index contributed by atoms with van der Waals surface area (Å²) >= 11 is 0. The highest BCUT2D eigenvalue weighted by molar-refractivity contribution is 7.00. The summed E-state index contributed by atoms with van der Waals surface area (Å²) < 4.78 is 20.0. The SMILES string of the molecule is Fc1cc2c3c(c1)c1ccccc1n3-c1ccc3c4ccccc4n4c3c1B2c1ccccc1-4. The molecule has 156 valence electrons. The topological polar surface area (TPSA) is 9.86 Å². The molecule has 0 N–H and O–H groups in total. The Balaban J connectivity index is 1.63. The Labute approximate surface area is 194 Å². The molecular weight excluding hydrogens is 418 g/mol. The van der Waals surface area contributed by atoms with Crippen LogP contribution in [0.3, 0.4) is 0 Å². The minimum absolute atomic E-state index is 0.0123. The number of fused-ring (bicyclic) bond motifs is 11. The van der Waals surface area contributed by atoms with E-state index in [0.29, 0.717) is 0 Å². The van der Waals surface area contributed by atoms with E-state index < -0.39 is 0 Å². The number of halogens is 1.